The Morgan fingerprint density at radius 3 is 2.33 bits per heavy atom. The highest BCUT2D eigenvalue weighted by Crippen LogP contribution is 2.31. The first kappa shape index (κ1) is 8.91. The number of nitrogens with two attached hydrogens (primary N) is 1. The van der Waals surface area contributed by atoms with Crippen molar-refractivity contribution in [2.45, 2.75) is 26.7 Å². The Balaban J connectivity index is 3.33. The van der Waals surface area contributed by atoms with Gasteiger partial charge >= 0.3 is 0 Å². The van der Waals surface area contributed by atoms with Crippen molar-refractivity contribution in [1.82, 2.24) is 0 Å². The van der Waals surface area contributed by atoms with Crippen LogP contribution in [0.3, 0.4) is 0 Å². The summed E-state index contributed by atoms with van der Waals surface area (Å²) in [5.41, 5.74) is 8.41. The minimum absolute atomic E-state index is 0.313. The minimum Gasteiger partial charge on any atom is -0.508 e. The number of phenolic OH excluding ortho intramolecular Hbond substituents is 1. The summed E-state index contributed by atoms with van der Waals surface area (Å²) >= 11 is 0. The van der Waals surface area contributed by atoms with E-state index in [-0.39, 0.29) is 0 Å². The Hall–Kier alpha value is -1.18. The third-order valence-corrected chi connectivity index (χ3v) is 2.11. The van der Waals surface area contributed by atoms with Gasteiger partial charge in [0, 0.05) is 11.3 Å². The van der Waals surface area contributed by atoms with Crippen LogP contribution < -0.4 is 5.73 Å². The van der Waals surface area contributed by atoms with Crippen LogP contribution in [-0.4, -0.2) is 5.11 Å². The third-order valence-electron chi connectivity index (χ3n) is 2.11. The Bertz CT molecular complexity index is 292. The van der Waals surface area contributed by atoms with Crippen molar-refractivity contribution >= 4 is 5.69 Å². The normalized spacial score (nSPS) is 10.7. The molecule has 66 valence electrons. The standard InChI is InChI=1S/C10H15NO/c1-6(2)10-7(3)8(11)4-5-9(10)12/h4-6,12H,11H2,1-3H3. The molecular formula is C10H15NO. The fourth-order valence-corrected chi connectivity index (χ4v) is 1.46. The van der Waals surface area contributed by atoms with Crippen LogP contribution >= 0.6 is 0 Å². The zero-order valence-corrected chi connectivity index (χ0v) is 7.76. The molecule has 0 aliphatic carbocycles. The molecule has 1 aromatic carbocycles. The molecule has 0 bridgehead atoms. The first-order valence-electron chi connectivity index (χ1n) is 4.12. The molecule has 0 aliphatic heterocycles. The van der Waals surface area contributed by atoms with Crippen molar-refractivity contribution in [1.29, 1.82) is 0 Å². The summed E-state index contributed by atoms with van der Waals surface area (Å²) in [5.74, 6) is 0.658. The maximum atomic E-state index is 9.53. The van der Waals surface area contributed by atoms with Crippen LogP contribution in [-0.2, 0) is 0 Å². The molecular weight excluding hydrogens is 150 g/mol. The number of nitrogen functional groups attached to an aromatic ring is 1. The van der Waals surface area contributed by atoms with Gasteiger partial charge in [0.1, 0.15) is 5.75 Å². The fourth-order valence-electron chi connectivity index (χ4n) is 1.46. The van der Waals surface area contributed by atoms with Crippen molar-refractivity contribution in [3.05, 3.63) is 23.3 Å². The summed E-state index contributed by atoms with van der Waals surface area (Å²) in [7, 11) is 0. The Morgan fingerprint density at radius 1 is 1.33 bits per heavy atom. The maximum absolute atomic E-state index is 9.53. The first-order valence-corrected chi connectivity index (χ1v) is 4.12. The van der Waals surface area contributed by atoms with E-state index in [0.29, 0.717) is 11.7 Å². The highest BCUT2D eigenvalue weighted by Gasteiger charge is 2.10. The van der Waals surface area contributed by atoms with Gasteiger partial charge in [0.2, 0.25) is 0 Å². The topological polar surface area (TPSA) is 46.2 Å². The molecule has 0 fully saturated rings. The second kappa shape index (κ2) is 3.05. The van der Waals surface area contributed by atoms with E-state index in [0.717, 1.165) is 16.8 Å². The highest BCUT2D eigenvalue weighted by molar-refractivity contribution is 5.56. The summed E-state index contributed by atoms with van der Waals surface area (Å²) in [6, 6.07) is 3.38. The predicted molar refractivity (Wildman–Crippen MR) is 51.3 cm³/mol. The molecule has 1 aromatic rings. The van der Waals surface area contributed by atoms with Crippen molar-refractivity contribution < 1.29 is 5.11 Å². The Kier molecular flexibility index (Phi) is 2.27. The van der Waals surface area contributed by atoms with Gasteiger partial charge in [0.05, 0.1) is 0 Å². The summed E-state index contributed by atoms with van der Waals surface area (Å²) in [6.45, 7) is 6.02. The first-order chi connectivity index (χ1) is 5.54. The molecule has 0 radical (unpaired) electrons. The lowest BCUT2D eigenvalue weighted by Gasteiger charge is -2.13. The number of anilines is 1. The average Bonchev–Trinajstić information content (AvgIpc) is 1.97. The zero-order chi connectivity index (χ0) is 9.30. The molecule has 2 heteroatoms. The average molecular weight is 165 g/mol. The molecule has 0 saturated carbocycles. The molecule has 2 nitrogen and oxygen atoms in total. The van der Waals surface area contributed by atoms with Gasteiger partial charge in [-0.15, -0.1) is 0 Å². The zero-order valence-electron chi connectivity index (χ0n) is 7.76. The van der Waals surface area contributed by atoms with Crippen molar-refractivity contribution in [2.75, 3.05) is 5.73 Å². The van der Waals surface area contributed by atoms with Gasteiger partial charge in [-0.05, 0) is 30.5 Å². The molecule has 0 unspecified atom stereocenters. The lowest BCUT2D eigenvalue weighted by Crippen LogP contribution is -1.97. The van der Waals surface area contributed by atoms with E-state index in [4.69, 9.17) is 5.73 Å². The van der Waals surface area contributed by atoms with Crippen molar-refractivity contribution in [2.24, 2.45) is 0 Å². The fraction of sp³-hybridized carbons (Fsp3) is 0.400. The number of hydrogen-bond donors (Lipinski definition) is 2. The summed E-state index contributed by atoms with van der Waals surface area (Å²) < 4.78 is 0. The van der Waals surface area contributed by atoms with Crippen LogP contribution in [0.4, 0.5) is 5.69 Å². The molecule has 0 aromatic heterocycles. The number of hydrogen-bond acceptors (Lipinski definition) is 2. The van der Waals surface area contributed by atoms with E-state index in [1.807, 2.05) is 20.8 Å². The van der Waals surface area contributed by atoms with Crippen LogP contribution in [0.5, 0.6) is 5.75 Å². The second-order valence-corrected chi connectivity index (χ2v) is 3.37. The number of phenols is 1. The van der Waals surface area contributed by atoms with Gasteiger partial charge in [-0.3, -0.25) is 0 Å². The molecule has 0 aliphatic rings. The van der Waals surface area contributed by atoms with Crippen LogP contribution in [0, 0.1) is 6.92 Å². The number of benzene rings is 1. The Morgan fingerprint density at radius 2 is 1.92 bits per heavy atom. The molecule has 12 heavy (non-hydrogen) atoms. The molecule has 1 rings (SSSR count). The van der Waals surface area contributed by atoms with Gasteiger partial charge in [-0.1, -0.05) is 13.8 Å². The molecule has 0 saturated heterocycles. The lowest BCUT2D eigenvalue weighted by molar-refractivity contribution is 0.464. The smallest absolute Gasteiger partial charge is 0.119 e. The van der Waals surface area contributed by atoms with Crippen LogP contribution in [0.2, 0.25) is 0 Å². The van der Waals surface area contributed by atoms with E-state index in [2.05, 4.69) is 0 Å². The van der Waals surface area contributed by atoms with Gasteiger partial charge < -0.3 is 10.8 Å². The van der Waals surface area contributed by atoms with Crippen molar-refractivity contribution in [3.8, 4) is 5.75 Å². The monoisotopic (exact) mass is 165 g/mol. The van der Waals surface area contributed by atoms with E-state index in [9.17, 15) is 5.11 Å². The second-order valence-electron chi connectivity index (χ2n) is 3.37. The molecule has 0 amide bonds. The molecule has 0 spiro atoms. The summed E-state index contributed by atoms with van der Waals surface area (Å²) in [5, 5.41) is 9.53. The largest absolute Gasteiger partial charge is 0.508 e. The van der Waals surface area contributed by atoms with E-state index >= 15 is 0 Å². The molecule has 0 atom stereocenters. The maximum Gasteiger partial charge on any atom is 0.119 e. The Labute approximate surface area is 73.0 Å². The van der Waals surface area contributed by atoms with Crippen LogP contribution in [0.25, 0.3) is 0 Å². The summed E-state index contributed by atoms with van der Waals surface area (Å²) in [6.07, 6.45) is 0. The number of aromatic hydroxyl groups is 1. The van der Waals surface area contributed by atoms with Gasteiger partial charge in [-0.2, -0.15) is 0 Å². The SMILES string of the molecule is Cc1c(N)ccc(O)c1C(C)C. The van der Waals surface area contributed by atoms with E-state index < -0.39 is 0 Å². The summed E-state index contributed by atoms with van der Waals surface area (Å²) in [4.78, 5) is 0. The minimum atomic E-state index is 0.313. The highest BCUT2D eigenvalue weighted by atomic mass is 16.3. The van der Waals surface area contributed by atoms with Gasteiger partial charge in [0.15, 0.2) is 0 Å². The lowest BCUT2D eigenvalue weighted by atomic mass is 9.96. The van der Waals surface area contributed by atoms with E-state index in [1.165, 1.54) is 0 Å². The number of rotatable bonds is 1. The van der Waals surface area contributed by atoms with Crippen molar-refractivity contribution in [3.63, 3.8) is 0 Å². The van der Waals surface area contributed by atoms with Crippen LogP contribution in [0.15, 0.2) is 12.1 Å². The predicted octanol–water partition coefficient (Wildman–Crippen LogP) is 2.41. The van der Waals surface area contributed by atoms with E-state index in [1.54, 1.807) is 12.1 Å². The molecule has 0 heterocycles. The van der Waals surface area contributed by atoms with Crippen LogP contribution in [0.1, 0.15) is 30.9 Å². The van der Waals surface area contributed by atoms with Gasteiger partial charge in [-0.25, -0.2) is 0 Å². The quantitative estimate of drug-likeness (QED) is 0.496. The molecule has 3 N–H and O–H groups in total. The van der Waals surface area contributed by atoms with Gasteiger partial charge in [0.25, 0.3) is 0 Å². The third kappa shape index (κ3) is 1.37.